The van der Waals surface area contributed by atoms with Gasteiger partial charge in [-0.2, -0.15) is 0 Å². The number of allylic oxidation sites excluding steroid dienone is 2. The van der Waals surface area contributed by atoms with Gasteiger partial charge in [0, 0.05) is 55.5 Å². The number of fused-ring (bicyclic) bond motifs is 12. The topological polar surface area (TPSA) is 9.86 Å². The first-order valence-electron chi connectivity index (χ1n) is 18.4. The van der Waals surface area contributed by atoms with Crippen molar-refractivity contribution in [2.45, 2.75) is 64.2 Å². The maximum absolute atomic E-state index is 2.58. The molecule has 0 unspecified atom stereocenters. The normalized spacial score (nSPS) is 17.0. The van der Waals surface area contributed by atoms with Crippen molar-refractivity contribution in [1.29, 1.82) is 0 Å². The third-order valence-corrected chi connectivity index (χ3v) is 12.6. The van der Waals surface area contributed by atoms with E-state index in [2.05, 4.69) is 158 Å². The van der Waals surface area contributed by atoms with Gasteiger partial charge in [-0.05, 0) is 131 Å². The van der Waals surface area contributed by atoms with E-state index in [1.54, 1.807) is 0 Å². The maximum Gasteiger partial charge on any atom is 0.0541 e. The Bertz CT molecular complexity index is 2480. The second-order valence-electron chi connectivity index (χ2n) is 16.0. The van der Waals surface area contributed by atoms with E-state index in [-0.39, 0.29) is 10.8 Å². The van der Waals surface area contributed by atoms with Gasteiger partial charge in [0.2, 0.25) is 0 Å². The number of hydrogen-bond donors (Lipinski definition) is 0. The zero-order valence-corrected chi connectivity index (χ0v) is 29.3. The Hall–Kier alpha value is -5.34. The molecule has 4 aliphatic carbocycles. The van der Waals surface area contributed by atoms with Gasteiger partial charge in [0.25, 0.3) is 0 Å². The Balaban J connectivity index is 1.14. The van der Waals surface area contributed by atoms with Crippen molar-refractivity contribution in [2.24, 2.45) is 0 Å². The number of rotatable bonds is 2. The highest BCUT2D eigenvalue weighted by molar-refractivity contribution is 6.02. The SMILES string of the molecule is CC1(C)c2cc3c(cc2-c2cc4c5c(n(-c6ccccc6)c4cc21)CCC=C5)C(C)(C)c1cc2c(cc1-3)c1c(n2-c2ccccc2)CCC=C1. The van der Waals surface area contributed by atoms with Gasteiger partial charge in [0.1, 0.15) is 0 Å². The van der Waals surface area contributed by atoms with Crippen molar-refractivity contribution >= 4 is 34.0 Å². The molecule has 0 saturated heterocycles. The summed E-state index contributed by atoms with van der Waals surface area (Å²) in [7, 11) is 0. The summed E-state index contributed by atoms with van der Waals surface area (Å²) in [6, 6.07) is 37.2. The molecule has 0 spiro atoms. The predicted molar refractivity (Wildman–Crippen MR) is 210 cm³/mol. The van der Waals surface area contributed by atoms with Crippen LogP contribution in [0.1, 0.15) is 85.3 Å². The van der Waals surface area contributed by atoms with Gasteiger partial charge in [-0.25, -0.2) is 0 Å². The maximum atomic E-state index is 2.58. The lowest BCUT2D eigenvalue weighted by atomic mass is 9.79. The zero-order chi connectivity index (χ0) is 33.5. The summed E-state index contributed by atoms with van der Waals surface area (Å²) >= 11 is 0. The van der Waals surface area contributed by atoms with E-state index in [1.807, 2.05) is 0 Å². The lowest BCUT2D eigenvalue weighted by Crippen LogP contribution is -2.17. The fourth-order valence-electron chi connectivity index (χ4n) is 10.1. The largest absolute Gasteiger partial charge is 0.313 e. The van der Waals surface area contributed by atoms with Crippen LogP contribution < -0.4 is 0 Å². The summed E-state index contributed by atoms with van der Waals surface area (Å²) in [6.07, 6.45) is 13.8. The van der Waals surface area contributed by atoms with Crippen molar-refractivity contribution in [3.63, 3.8) is 0 Å². The molecule has 2 heteroatoms. The molecule has 0 saturated carbocycles. The van der Waals surface area contributed by atoms with E-state index in [9.17, 15) is 0 Å². The molecule has 0 radical (unpaired) electrons. The summed E-state index contributed by atoms with van der Waals surface area (Å²) in [5, 5.41) is 2.74. The lowest BCUT2D eigenvalue weighted by molar-refractivity contribution is 0.652. The second kappa shape index (κ2) is 9.67. The molecule has 7 aromatic rings. The van der Waals surface area contributed by atoms with Crippen molar-refractivity contribution in [3.05, 3.63) is 154 Å². The van der Waals surface area contributed by atoms with Crippen LogP contribution in [0.25, 0.3) is 67.6 Å². The molecule has 2 aromatic heterocycles. The summed E-state index contributed by atoms with van der Waals surface area (Å²) in [5.74, 6) is 0. The number of hydrogen-bond acceptors (Lipinski definition) is 0. The Kier molecular flexibility index (Phi) is 5.51. The standard InChI is InChI=1S/C48H40N2/c1-47(2)39-25-36-34-24-38-32-20-12-14-22-44(32)50(30-17-9-6-10-18-30)46(38)28-42(34)48(3,4)40(36)26-35(39)33-23-37-31-19-11-13-21-43(31)49(45(37)27-41(33)47)29-15-7-5-8-16-29/h5-12,15-20,23-28H,13-14,21-22H2,1-4H3. The molecular weight excluding hydrogens is 605 g/mol. The smallest absolute Gasteiger partial charge is 0.0541 e. The van der Waals surface area contributed by atoms with Gasteiger partial charge in [0.05, 0.1) is 11.0 Å². The minimum atomic E-state index is -0.119. The number of nitrogens with zero attached hydrogens (tertiary/aromatic N) is 2. The number of aromatic nitrogens is 2. The van der Waals surface area contributed by atoms with Gasteiger partial charge in [-0.1, -0.05) is 88.4 Å². The molecule has 50 heavy (non-hydrogen) atoms. The first-order valence-corrected chi connectivity index (χ1v) is 18.4. The van der Waals surface area contributed by atoms with Crippen molar-refractivity contribution in [1.82, 2.24) is 9.13 Å². The molecule has 0 aliphatic heterocycles. The summed E-state index contributed by atoms with van der Waals surface area (Å²) < 4.78 is 5.07. The van der Waals surface area contributed by atoms with Crippen LogP contribution in [0.2, 0.25) is 0 Å². The molecule has 0 atom stereocenters. The average Bonchev–Trinajstić information content (AvgIpc) is 3.79. The van der Waals surface area contributed by atoms with Crippen LogP contribution in [0.15, 0.2) is 109 Å². The van der Waals surface area contributed by atoms with Crippen LogP contribution in [0, 0.1) is 0 Å². The van der Waals surface area contributed by atoms with Crippen LogP contribution in [0.4, 0.5) is 0 Å². The molecular formula is C48H40N2. The Morgan fingerprint density at radius 1 is 0.460 bits per heavy atom. The van der Waals surface area contributed by atoms with Crippen LogP contribution >= 0.6 is 0 Å². The summed E-state index contributed by atoms with van der Waals surface area (Å²) in [5.41, 5.74) is 22.0. The lowest BCUT2D eigenvalue weighted by Gasteiger charge is -2.24. The Labute approximate surface area is 294 Å². The van der Waals surface area contributed by atoms with Crippen LogP contribution in [-0.4, -0.2) is 9.13 Å². The van der Waals surface area contributed by atoms with Gasteiger partial charge < -0.3 is 9.13 Å². The fourth-order valence-corrected chi connectivity index (χ4v) is 10.1. The average molecular weight is 645 g/mol. The molecule has 0 fully saturated rings. The number of para-hydroxylation sites is 2. The third kappa shape index (κ3) is 3.54. The van der Waals surface area contributed by atoms with E-state index >= 15 is 0 Å². The highest BCUT2D eigenvalue weighted by atomic mass is 15.0. The molecule has 2 heterocycles. The molecule has 11 rings (SSSR count). The molecule has 5 aromatic carbocycles. The van der Waals surface area contributed by atoms with E-state index in [4.69, 9.17) is 0 Å². The van der Waals surface area contributed by atoms with Gasteiger partial charge >= 0.3 is 0 Å². The first-order chi connectivity index (χ1) is 24.3. The highest BCUT2D eigenvalue weighted by Crippen LogP contribution is 2.58. The van der Waals surface area contributed by atoms with Gasteiger partial charge in [-0.15, -0.1) is 0 Å². The molecule has 0 amide bonds. The van der Waals surface area contributed by atoms with E-state index in [1.165, 1.54) is 100 Å². The van der Waals surface area contributed by atoms with Crippen molar-refractivity contribution in [2.75, 3.05) is 0 Å². The molecule has 242 valence electrons. The van der Waals surface area contributed by atoms with Gasteiger partial charge in [-0.3, -0.25) is 0 Å². The van der Waals surface area contributed by atoms with Crippen molar-refractivity contribution in [3.8, 4) is 33.6 Å². The minimum Gasteiger partial charge on any atom is -0.313 e. The summed E-state index contributed by atoms with van der Waals surface area (Å²) in [4.78, 5) is 0. The Morgan fingerprint density at radius 2 is 0.840 bits per heavy atom. The third-order valence-electron chi connectivity index (χ3n) is 12.6. The molecule has 4 aliphatic rings. The molecule has 2 nitrogen and oxygen atoms in total. The highest BCUT2D eigenvalue weighted by Gasteiger charge is 2.43. The van der Waals surface area contributed by atoms with Crippen molar-refractivity contribution < 1.29 is 0 Å². The first kappa shape index (κ1) is 28.5. The van der Waals surface area contributed by atoms with E-state index in [0.717, 1.165) is 25.7 Å². The quantitative estimate of drug-likeness (QED) is 0.177. The van der Waals surface area contributed by atoms with Crippen LogP contribution in [-0.2, 0) is 23.7 Å². The molecule has 0 bridgehead atoms. The van der Waals surface area contributed by atoms with E-state index in [0.29, 0.717) is 0 Å². The minimum absolute atomic E-state index is 0.119. The second-order valence-corrected chi connectivity index (χ2v) is 16.0. The summed E-state index contributed by atoms with van der Waals surface area (Å²) in [6.45, 7) is 9.77. The predicted octanol–water partition coefficient (Wildman–Crippen LogP) is 12.1. The zero-order valence-electron chi connectivity index (χ0n) is 29.3. The number of benzene rings is 5. The Morgan fingerprint density at radius 3 is 1.26 bits per heavy atom. The monoisotopic (exact) mass is 644 g/mol. The van der Waals surface area contributed by atoms with Crippen LogP contribution in [0.5, 0.6) is 0 Å². The fraction of sp³-hybridized carbons (Fsp3) is 0.208. The van der Waals surface area contributed by atoms with Crippen LogP contribution in [0.3, 0.4) is 0 Å². The van der Waals surface area contributed by atoms with E-state index < -0.39 is 0 Å². The van der Waals surface area contributed by atoms with Gasteiger partial charge in [0.15, 0.2) is 0 Å². The molecule has 0 N–H and O–H groups in total.